The fraction of sp³-hybridized carbons (Fsp3) is 0.667. The number of ether oxygens (including phenoxy) is 1. The third kappa shape index (κ3) is 7.65. The van der Waals surface area contributed by atoms with Crippen LogP contribution in [-0.4, -0.2) is 64.9 Å². The summed E-state index contributed by atoms with van der Waals surface area (Å²) in [6, 6.07) is 8.79. The van der Waals surface area contributed by atoms with Crippen molar-refractivity contribution in [1.82, 2.24) is 10.2 Å². The van der Waals surface area contributed by atoms with E-state index in [0.29, 0.717) is 0 Å². The van der Waals surface area contributed by atoms with Crippen molar-refractivity contribution in [3.8, 4) is 0 Å². The van der Waals surface area contributed by atoms with Crippen molar-refractivity contribution in [3.63, 3.8) is 0 Å². The smallest absolute Gasteiger partial charge is 0.193 e. The molecular formula is C21H36N4O. The minimum Gasteiger partial charge on any atom is -0.379 e. The standard InChI is InChI=1S/C21H36N4O/c1-5-22-21(25(4)15-16-26-17-19-8-9-19)23-14-6-7-18-10-12-20(13-11-18)24(2)3/h10-13,19H,5-9,14-17H2,1-4H3,(H,22,23). The zero-order chi connectivity index (χ0) is 18.8. The zero-order valence-corrected chi connectivity index (χ0v) is 17.0. The van der Waals surface area contributed by atoms with Gasteiger partial charge in [-0.15, -0.1) is 0 Å². The first kappa shape index (κ1) is 20.6. The third-order valence-electron chi connectivity index (χ3n) is 4.66. The Hall–Kier alpha value is -1.75. The molecule has 146 valence electrons. The molecule has 1 aromatic carbocycles. The summed E-state index contributed by atoms with van der Waals surface area (Å²) >= 11 is 0. The van der Waals surface area contributed by atoms with Gasteiger partial charge in [-0.2, -0.15) is 0 Å². The monoisotopic (exact) mass is 360 g/mol. The number of benzene rings is 1. The molecule has 1 fully saturated rings. The highest BCUT2D eigenvalue weighted by atomic mass is 16.5. The highest BCUT2D eigenvalue weighted by Crippen LogP contribution is 2.28. The van der Waals surface area contributed by atoms with E-state index < -0.39 is 0 Å². The van der Waals surface area contributed by atoms with E-state index in [1.165, 1.54) is 24.1 Å². The minimum absolute atomic E-state index is 0.773. The van der Waals surface area contributed by atoms with Gasteiger partial charge in [0.05, 0.1) is 6.61 Å². The van der Waals surface area contributed by atoms with Gasteiger partial charge >= 0.3 is 0 Å². The fourth-order valence-corrected chi connectivity index (χ4v) is 2.74. The predicted molar refractivity (Wildman–Crippen MR) is 111 cm³/mol. The number of anilines is 1. The van der Waals surface area contributed by atoms with Crippen LogP contribution in [0.5, 0.6) is 0 Å². The summed E-state index contributed by atoms with van der Waals surface area (Å²) < 4.78 is 5.74. The van der Waals surface area contributed by atoms with E-state index in [9.17, 15) is 0 Å². The highest BCUT2D eigenvalue weighted by Gasteiger charge is 2.21. The fourth-order valence-electron chi connectivity index (χ4n) is 2.74. The number of guanidine groups is 1. The molecular weight excluding hydrogens is 324 g/mol. The maximum atomic E-state index is 5.74. The Morgan fingerprint density at radius 3 is 2.54 bits per heavy atom. The third-order valence-corrected chi connectivity index (χ3v) is 4.66. The summed E-state index contributed by atoms with van der Waals surface area (Å²) in [5, 5.41) is 3.38. The summed E-state index contributed by atoms with van der Waals surface area (Å²) in [6.07, 6.45) is 4.81. The van der Waals surface area contributed by atoms with Crippen LogP contribution < -0.4 is 10.2 Å². The molecule has 1 N–H and O–H groups in total. The van der Waals surface area contributed by atoms with Crippen molar-refractivity contribution in [2.24, 2.45) is 10.9 Å². The summed E-state index contributed by atoms with van der Waals surface area (Å²) in [5.74, 6) is 1.81. The molecule has 0 atom stereocenters. The molecule has 5 nitrogen and oxygen atoms in total. The van der Waals surface area contributed by atoms with Gasteiger partial charge in [0.2, 0.25) is 0 Å². The normalized spacial score (nSPS) is 14.4. The van der Waals surface area contributed by atoms with Crippen LogP contribution in [0.4, 0.5) is 5.69 Å². The molecule has 1 aliphatic carbocycles. The van der Waals surface area contributed by atoms with Gasteiger partial charge in [0.25, 0.3) is 0 Å². The van der Waals surface area contributed by atoms with Crippen molar-refractivity contribution in [2.45, 2.75) is 32.6 Å². The number of aryl methyl sites for hydroxylation is 1. The lowest BCUT2D eigenvalue weighted by Crippen LogP contribution is -2.40. The molecule has 0 heterocycles. The van der Waals surface area contributed by atoms with Crippen LogP contribution in [0.3, 0.4) is 0 Å². The molecule has 2 rings (SSSR count). The van der Waals surface area contributed by atoms with Crippen LogP contribution in [0.1, 0.15) is 31.7 Å². The molecule has 5 heteroatoms. The lowest BCUT2D eigenvalue weighted by molar-refractivity contribution is 0.115. The second-order valence-corrected chi connectivity index (χ2v) is 7.34. The maximum absolute atomic E-state index is 5.74. The van der Waals surface area contributed by atoms with Crippen molar-refractivity contribution in [1.29, 1.82) is 0 Å². The van der Waals surface area contributed by atoms with E-state index in [1.54, 1.807) is 0 Å². The molecule has 1 aliphatic rings. The molecule has 1 aromatic rings. The molecule has 0 aromatic heterocycles. The average molecular weight is 361 g/mol. The molecule has 0 amide bonds. The first-order valence-corrected chi connectivity index (χ1v) is 9.93. The highest BCUT2D eigenvalue weighted by molar-refractivity contribution is 5.79. The Labute approximate surface area is 159 Å². The van der Waals surface area contributed by atoms with Crippen LogP contribution in [0, 0.1) is 5.92 Å². The molecule has 0 aliphatic heterocycles. The Kier molecular flexibility index (Phi) is 8.75. The van der Waals surface area contributed by atoms with Crippen molar-refractivity contribution in [3.05, 3.63) is 29.8 Å². The molecule has 0 unspecified atom stereocenters. The van der Waals surface area contributed by atoms with E-state index >= 15 is 0 Å². The van der Waals surface area contributed by atoms with Gasteiger partial charge in [0, 0.05) is 53.1 Å². The van der Waals surface area contributed by atoms with Crippen LogP contribution in [0.15, 0.2) is 29.3 Å². The van der Waals surface area contributed by atoms with Crippen molar-refractivity contribution in [2.75, 3.05) is 58.9 Å². The molecule has 0 bridgehead atoms. The molecule has 1 saturated carbocycles. The summed E-state index contributed by atoms with van der Waals surface area (Å²) in [4.78, 5) is 9.06. The zero-order valence-electron chi connectivity index (χ0n) is 17.0. The number of nitrogens with one attached hydrogen (secondary N) is 1. The second-order valence-electron chi connectivity index (χ2n) is 7.34. The van der Waals surface area contributed by atoms with Crippen molar-refractivity contribution >= 4 is 11.6 Å². The minimum atomic E-state index is 0.773. The first-order chi connectivity index (χ1) is 12.6. The number of aliphatic imine (C=N–C) groups is 1. The van der Waals surface area contributed by atoms with Crippen molar-refractivity contribution < 1.29 is 4.74 Å². The molecule has 0 spiro atoms. The van der Waals surface area contributed by atoms with Gasteiger partial charge < -0.3 is 19.9 Å². The van der Waals surface area contributed by atoms with Gasteiger partial charge in [0.1, 0.15) is 0 Å². The van der Waals surface area contributed by atoms with Crippen LogP contribution in [0.2, 0.25) is 0 Å². The summed E-state index contributed by atoms with van der Waals surface area (Å²) in [6.45, 7) is 6.41. The molecule has 0 radical (unpaired) electrons. The average Bonchev–Trinajstić information content (AvgIpc) is 3.46. The van der Waals surface area contributed by atoms with Gasteiger partial charge in [-0.1, -0.05) is 12.1 Å². The van der Waals surface area contributed by atoms with E-state index in [2.05, 4.69) is 67.4 Å². The first-order valence-electron chi connectivity index (χ1n) is 9.93. The van der Waals surface area contributed by atoms with E-state index in [-0.39, 0.29) is 0 Å². The SMILES string of the molecule is CCNC(=NCCCc1ccc(N(C)C)cc1)N(C)CCOCC1CC1. The van der Waals surface area contributed by atoms with Gasteiger partial charge in [0.15, 0.2) is 5.96 Å². The number of hydrogen-bond acceptors (Lipinski definition) is 3. The largest absolute Gasteiger partial charge is 0.379 e. The Morgan fingerprint density at radius 2 is 1.92 bits per heavy atom. The number of hydrogen-bond donors (Lipinski definition) is 1. The van der Waals surface area contributed by atoms with E-state index in [4.69, 9.17) is 9.73 Å². The maximum Gasteiger partial charge on any atom is 0.193 e. The van der Waals surface area contributed by atoms with Gasteiger partial charge in [-0.05, 0) is 56.2 Å². The van der Waals surface area contributed by atoms with E-state index in [0.717, 1.165) is 57.6 Å². The topological polar surface area (TPSA) is 40.1 Å². The predicted octanol–water partition coefficient (Wildman–Crippen LogP) is 3.01. The Balaban J connectivity index is 1.70. The Bertz CT molecular complexity index is 537. The lowest BCUT2D eigenvalue weighted by Gasteiger charge is -2.22. The lowest BCUT2D eigenvalue weighted by atomic mass is 10.1. The number of likely N-dealkylation sites (N-methyl/N-ethyl adjacent to an activating group) is 1. The Morgan fingerprint density at radius 1 is 1.19 bits per heavy atom. The molecule has 0 saturated heterocycles. The second kappa shape index (κ2) is 11.1. The number of nitrogens with zero attached hydrogens (tertiary/aromatic N) is 3. The molecule has 26 heavy (non-hydrogen) atoms. The van der Waals surface area contributed by atoms with Gasteiger partial charge in [-0.3, -0.25) is 4.99 Å². The summed E-state index contributed by atoms with van der Waals surface area (Å²) in [7, 11) is 6.22. The summed E-state index contributed by atoms with van der Waals surface area (Å²) in [5.41, 5.74) is 2.62. The van der Waals surface area contributed by atoms with E-state index in [1.807, 2.05) is 0 Å². The quantitative estimate of drug-likeness (QED) is 0.374. The number of rotatable bonds is 11. The van der Waals surface area contributed by atoms with Crippen LogP contribution in [-0.2, 0) is 11.2 Å². The van der Waals surface area contributed by atoms with Crippen LogP contribution in [0.25, 0.3) is 0 Å². The van der Waals surface area contributed by atoms with Gasteiger partial charge in [-0.25, -0.2) is 0 Å². The van der Waals surface area contributed by atoms with Crippen LogP contribution >= 0.6 is 0 Å².